The minimum atomic E-state index is -0.977. The van der Waals surface area contributed by atoms with Crippen LogP contribution in [0.3, 0.4) is 0 Å². The van der Waals surface area contributed by atoms with E-state index in [4.69, 9.17) is 0 Å². The maximum absolute atomic E-state index is 13.1. The smallest absolute Gasteiger partial charge is 0.292 e. The van der Waals surface area contributed by atoms with Crippen LogP contribution in [-0.4, -0.2) is 22.2 Å². The molecule has 6 heteroatoms. The molecule has 0 aliphatic carbocycles. The molecule has 1 aromatic rings. The highest BCUT2D eigenvalue weighted by atomic mass is 19.1. The Labute approximate surface area is 105 Å². The Morgan fingerprint density at radius 1 is 1.56 bits per heavy atom. The Morgan fingerprint density at radius 3 is 2.78 bits per heavy atom. The number of nitrogens with zero attached hydrogens (tertiary/aromatic N) is 1. The first-order chi connectivity index (χ1) is 8.35. The SMILES string of the molecule is CCCC(C)(O)CNc1cc(F)ccc1[N+](=O)[O-]. The van der Waals surface area contributed by atoms with Gasteiger partial charge in [-0.25, -0.2) is 4.39 Å². The fraction of sp³-hybridized carbons (Fsp3) is 0.500. The standard InChI is InChI=1S/C12H17FN2O3/c1-3-6-12(2,16)8-14-10-7-9(13)4-5-11(10)15(17)18/h4-5,7,14,16H,3,6,8H2,1-2H3. The van der Waals surface area contributed by atoms with Gasteiger partial charge in [0.1, 0.15) is 11.5 Å². The number of rotatable bonds is 6. The fourth-order valence-electron chi connectivity index (χ4n) is 1.72. The summed E-state index contributed by atoms with van der Waals surface area (Å²) in [5.41, 5.74) is -1.10. The third kappa shape index (κ3) is 3.96. The van der Waals surface area contributed by atoms with Crippen molar-refractivity contribution in [1.82, 2.24) is 0 Å². The second-order valence-corrected chi connectivity index (χ2v) is 4.52. The van der Waals surface area contributed by atoms with Crippen molar-refractivity contribution in [2.24, 2.45) is 0 Å². The summed E-state index contributed by atoms with van der Waals surface area (Å²) in [4.78, 5) is 10.2. The summed E-state index contributed by atoms with van der Waals surface area (Å²) >= 11 is 0. The lowest BCUT2D eigenvalue weighted by molar-refractivity contribution is -0.384. The van der Waals surface area contributed by atoms with Crippen molar-refractivity contribution in [2.75, 3.05) is 11.9 Å². The number of halogens is 1. The molecule has 0 bridgehead atoms. The van der Waals surface area contributed by atoms with E-state index in [9.17, 15) is 19.6 Å². The Bertz CT molecular complexity index is 435. The average molecular weight is 256 g/mol. The predicted molar refractivity (Wildman–Crippen MR) is 67.1 cm³/mol. The zero-order valence-corrected chi connectivity index (χ0v) is 10.4. The lowest BCUT2D eigenvalue weighted by Crippen LogP contribution is -2.33. The Balaban J connectivity index is 2.83. The number of hydrogen-bond donors (Lipinski definition) is 2. The lowest BCUT2D eigenvalue weighted by atomic mass is 10.0. The molecular formula is C12H17FN2O3. The van der Waals surface area contributed by atoms with Gasteiger partial charge in [-0.15, -0.1) is 0 Å². The third-order valence-electron chi connectivity index (χ3n) is 2.60. The molecule has 0 radical (unpaired) electrons. The maximum Gasteiger partial charge on any atom is 0.292 e. The summed E-state index contributed by atoms with van der Waals surface area (Å²) in [6, 6.07) is 3.19. The Kier molecular flexibility index (Phi) is 4.61. The highest BCUT2D eigenvalue weighted by molar-refractivity contribution is 5.61. The Morgan fingerprint density at radius 2 is 2.22 bits per heavy atom. The second-order valence-electron chi connectivity index (χ2n) is 4.52. The normalized spacial score (nSPS) is 14.0. The van der Waals surface area contributed by atoms with Gasteiger partial charge in [0, 0.05) is 18.7 Å². The predicted octanol–water partition coefficient (Wildman–Crippen LogP) is 2.70. The molecule has 0 saturated carbocycles. The van der Waals surface area contributed by atoms with Crippen molar-refractivity contribution in [3.8, 4) is 0 Å². The number of hydrogen-bond acceptors (Lipinski definition) is 4. The minimum absolute atomic E-state index is 0.0800. The number of benzene rings is 1. The maximum atomic E-state index is 13.1. The van der Waals surface area contributed by atoms with Crippen molar-refractivity contribution in [3.63, 3.8) is 0 Å². The summed E-state index contributed by atoms with van der Waals surface area (Å²) in [6.07, 6.45) is 1.35. The third-order valence-corrected chi connectivity index (χ3v) is 2.60. The van der Waals surface area contributed by atoms with Crippen LogP contribution in [0.4, 0.5) is 15.8 Å². The van der Waals surface area contributed by atoms with Crippen LogP contribution in [0, 0.1) is 15.9 Å². The van der Waals surface area contributed by atoms with Crippen LogP contribution in [0.15, 0.2) is 18.2 Å². The van der Waals surface area contributed by atoms with E-state index < -0.39 is 16.3 Å². The molecule has 0 aromatic heterocycles. The van der Waals surface area contributed by atoms with Gasteiger partial charge >= 0.3 is 0 Å². The van der Waals surface area contributed by atoms with E-state index in [1.54, 1.807) is 6.92 Å². The molecule has 0 spiro atoms. The van der Waals surface area contributed by atoms with Crippen molar-refractivity contribution in [1.29, 1.82) is 0 Å². The largest absolute Gasteiger partial charge is 0.388 e. The lowest BCUT2D eigenvalue weighted by Gasteiger charge is -2.23. The van der Waals surface area contributed by atoms with Crippen LogP contribution in [0.1, 0.15) is 26.7 Å². The van der Waals surface area contributed by atoms with Crippen molar-refractivity contribution >= 4 is 11.4 Å². The van der Waals surface area contributed by atoms with Gasteiger partial charge in [0.25, 0.3) is 5.69 Å². The first-order valence-electron chi connectivity index (χ1n) is 5.76. The molecule has 0 heterocycles. The van der Waals surface area contributed by atoms with Gasteiger partial charge in [0.15, 0.2) is 0 Å². The van der Waals surface area contributed by atoms with Crippen LogP contribution in [-0.2, 0) is 0 Å². The summed E-state index contributed by atoms with van der Waals surface area (Å²) in [5, 5.41) is 23.4. The summed E-state index contributed by atoms with van der Waals surface area (Å²) in [6.45, 7) is 3.69. The number of anilines is 1. The fourth-order valence-corrected chi connectivity index (χ4v) is 1.72. The van der Waals surface area contributed by atoms with Gasteiger partial charge in [-0.1, -0.05) is 13.3 Å². The quantitative estimate of drug-likeness (QED) is 0.606. The zero-order chi connectivity index (χ0) is 13.8. The van der Waals surface area contributed by atoms with Gasteiger partial charge in [0.05, 0.1) is 10.5 Å². The molecule has 1 atom stereocenters. The molecule has 0 fully saturated rings. The van der Waals surface area contributed by atoms with E-state index in [2.05, 4.69) is 5.32 Å². The molecule has 18 heavy (non-hydrogen) atoms. The van der Waals surface area contributed by atoms with Crippen molar-refractivity contribution in [3.05, 3.63) is 34.1 Å². The van der Waals surface area contributed by atoms with Gasteiger partial charge in [-0.2, -0.15) is 0 Å². The van der Waals surface area contributed by atoms with Crippen molar-refractivity contribution in [2.45, 2.75) is 32.3 Å². The molecule has 100 valence electrons. The monoisotopic (exact) mass is 256 g/mol. The molecule has 2 N–H and O–H groups in total. The summed E-state index contributed by atoms with van der Waals surface area (Å²) in [7, 11) is 0. The molecule has 1 aromatic carbocycles. The first-order valence-corrected chi connectivity index (χ1v) is 5.76. The van der Waals surface area contributed by atoms with E-state index in [1.807, 2.05) is 6.92 Å². The molecule has 0 aliphatic heterocycles. The summed E-state index contributed by atoms with van der Waals surface area (Å²) in [5.74, 6) is -0.557. The molecule has 0 saturated heterocycles. The summed E-state index contributed by atoms with van der Waals surface area (Å²) < 4.78 is 13.1. The van der Waals surface area contributed by atoms with Gasteiger partial charge in [-0.05, 0) is 19.4 Å². The number of aliphatic hydroxyl groups is 1. The van der Waals surface area contributed by atoms with E-state index >= 15 is 0 Å². The van der Waals surface area contributed by atoms with Crippen LogP contribution in [0.5, 0.6) is 0 Å². The van der Waals surface area contributed by atoms with Crippen LogP contribution >= 0.6 is 0 Å². The van der Waals surface area contributed by atoms with E-state index in [1.165, 1.54) is 0 Å². The molecule has 1 rings (SSSR count). The van der Waals surface area contributed by atoms with Gasteiger partial charge in [-0.3, -0.25) is 10.1 Å². The molecule has 1 unspecified atom stereocenters. The number of nitro benzene ring substituents is 1. The average Bonchev–Trinajstić information content (AvgIpc) is 2.26. The minimum Gasteiger partial charge on any atom is -0.388 e. The van der Waals surface area contributed by atoms with E-state index in [0.29, 0.717) is 6.42 Å². The first kappa shape index (κ1) is 14.4. The van der Waals surface area contributed by atoms with Crippen LogP contribution < -0.4 is 5.32 Å². The highest BCUT2D eigenvalue weighted by Crippen LogP contribution is 2.25. The number of nitro groups is 1. The topological polar surface area (TPSA) is 75.4 Å². The van der Waals surface area contributed by atoms with Gasteiger partial charge in [0.2, 0.25) is 0 Å². The number of nitrogens with one attached hydrogen (secondary N) is 1. The zero-order valence-electron chi connectivity index (χ0n) is 10.4. The molecule has 5 nitrogen and oxygen atoms in total. The Hall–Kier alpha value is -1.69. The second kappa shape index (κ2) is 5.77. The van der Waals surface area contributed by atoms with E-state index in [0.717, 1.165) is 24.6 Å². The van der Waals surface area contributed by atoms with Crippen LogP contribution in [0.2, 0.25) is 0 Å². The molecule has 0 amide bonds. The van der Waals surface area contributed by atoms with Gasteiger partial charge < -0.3 is 10.4 Å². The molecular weight excluding hydrogens is 239 g/mol. The van der Waals surface area contributed by atoms with Crippen LogP contribution in [0.25, 0.3) is 0 Å². The molecule has 0 aliphatic rings. The van der Waals surface area contributed by atoms with E-state index in [-0.39, 0.29) is 17.9 Å². The highest BCUT2D eigenvalue weighted by Gasteiger charge is 2.21. The van der Waals surface area contributed by atoms with Crippen molar-refractivity contribution < 1.29 is 14.4 Å².